The number of alkyl halides is 1. The van der Waals surface area contributed by atoms with Crippen LogP contribution in [-0.4, -0.2) is 28.8 Å². The summed E-state index contributed by atoms with van der Waals surface area (Å²) in [5.41, 5.74) is 0.713. The van der Waals surface area contributed by atoms with Crippen LogP contribution in [0.25, 0.3) is 0 Å². The fraction of sp³-hybridized carbons (Fsp3) is 0.643. The van der Waals surface area contributed by atoms with E-state index in [-0.39, 0.29) is 30.0 Å². The van der Waals surface area contributed by atoms with E-state index in [1.165, 1.54) is 6.08 Å². The number of amides is 1. The topological polar surface area (TPSA) is 20.3 Å². The van der Waals surface area contributed by atoms with Gasteiger partial charge in [-0.1, -0.05) is 13.0 Å². The molecule has 1 fully saturated rings. The van der Waals surface area contributed by atoms with Gasteiger partial charge < -0.3 is 4.90 Å². The average Bonchev–Trinajstić information content (AvgIpc) is 3.07. The summed E-state index contributed by atoms with van der Waals surface area (Å²) in [5, 5.41) is -0.321. The summed E-state index contributed by atoms with van der Waals surface area (Å²) in [5.74, 6) is -0.130. The predicted molar refractivity (Wildman–Crippen MR) is 71.2 cm³/mol. The van der Waals surface area contributed by atoms with Crippen molar-refractivity contribution in [3.8, 4) is 0 Å². The smallest absolute Gasteiger partial charge is 0.227 e. The highest BCUT2D eigenvalue weighted by molar-refractivity contribution is 6.22. The van der Waals surface area contributed by atoms with Gasteiger partial charge in [0.1, 0.15) is 5.83 Å². The van der Waals surface area contributed by atoms with Gasteiger partial charge in [0.25, 0.3) is 0 Å². The second-order valence-corrected chi connectivity index (χ2v) is 5.61. The Labute approximate surface area is 112 Å². The Hall–Kier alpha value is -0.830. The quantitative estimate of drug-likeness (QED) is 0.700. The van der Waals surface area contributed by atoms with Crippen molar-refractivity contribution >= 4 is 17.5 Å². The molecule has 1 amide bonds. The van der Waals surface area contributed by atoms with Gasteiger partial charge >= 0.3 is 0 Å². The molecule has 0 radical (unpaired) electrons. The van der Waals surface area contributed by atoms with Crippen LogP contribution in [0.1, 0.15) is 39.0 Å². The van der Waals surface area contributed by atoms with Crippen LogP contribution < -0.4 is 0 Å². The molecule has 4 heteroatoms. The Morgan fingerprint density at radius 3 is 2.83 bits per heavy atom. The molecule has 2 rings (SSSR count). The maximum Gasteiger partial charge on any atom is 0.227 e. The highest BCUT2D eigenvalue weighted by atomic mass is 35.5. The molecule has 0 aliphatic heterocycles. The van der Waals surface area contributed by atoms with Crippen LogP contribution in [0.4, 0.5) is 4.39 Å². The fourth-order valence-corrected chi connectivity index (χ4v) is 2.62. The molecule has 18 heavy (non-hydrogen) atoms. The summed E-state index contributed by atoms with van der Waals surface area (Å²) in [4.78, 5) is 14.1. The molecule has 100 valence electrons. The summed E-state index contributed by atoms with van der Waals surface area (Å²) in [7, 11) is 0. The normalized spacial score (nSPS) is 23.4. The molecule has 0 aromatic carbocycles. The average molecular weight is 272 g/mol. The van der Waals surface area contributed by atoms with Crippen molar-refractivity contribution in [3.05, 3.63) is 23.6 Å². The second kappa shape index (κ2) is 5.87. The van der Waals surface area contributed by atoms with E-state index >= 15 is 0 Å². The highest BCUT2D eigenvalue weighted by Gasteiger charge is 2.32. The van der Waals surface area contributed by atoms with E-state index in [0.29, 0.717) is 11.6 Å². The molecule has 0 saturated heterocycles. The van der Waals surface area contributed by atoms with E-state index in [4.69, 9.17) is 11.6 Å². The van der Waals surface area contributed by atoms with Gasteiger partial charge in [-0.15, -0.1) is 11.6 Å². The molecule has 0 bridgehead atoms. The molecular formula is C14H19ClFNO. The Morgan fingerprint density at radius 2 is 2.28 bits per heavy atom. The first kappa shape index (κ1) is 13.6. The SMILES string of the molecule is CCCN(C(=O)CC1=CC(Cl)CC(F)=C1)C1CC1. The van der Waals surface area contributed by atoms with Crippen LogP contribution in [0.5, 0.6) is 0 Å². The summed E-state index contributed by atoms with van der Waals surface area (Å²) >= 11 is 5.92. The fourth-order valence-electron chi connectivity index (χ4n) is 2.31. The molecule has 0 aromatic rings. The van der Waals surface area contributed by atoms with Gasteiger partial charge in [0.2, 0.25) is 5.91 Å². The Balaban J connectivity index is 1.97. The molecule has 0 aromatic heterocycles. The van der Waals surface area contributed by atoms with Crippen molar-refractivity contribution < 1.29 is 9.18 Å². The number of nitrogens with zero attached hydrogens (tertiary/aromatic N) is 1. The van der Waals surface area contributed by atoms with E-state index in [2.05, 4.69) is 6.92 Å². The van der Waals surface area contributed by atoms with Gasteiger partial charge in [0.15, 0.2) is 0 Å². The van der Waals surface area contributed by atoms with Crippen LogP contribution >= 0.6 is 11.6 Å². The Bertz CT molecular complexity index is 387. The minimum absolute atomic E-state index is 0.0976. The first-order valence-electron chi connectivity index (χ1n) is 6.60. The zero-order chi connectivity index (χ0) is 13.1. The lowest BCUT2D eigenvalue weighted by Gasteiger charge is -2.23. The molecule has 0 heterocycles. The van der Waals surface area contributed by atoms with Gasteiger partial charge in [0, 0.05) is 19.0 Å². The third-order valence-corrected chi connectivity index (χ3v) is 3.54. The summed E-state index contributed by atoms with van der Waals surface area (Å²) in [6, 6.07) is 0.419. The molecule has 1 saturated carbocycles. The third kappa shape index (κ3) is 3.58. The Kier molecular flexibility index (Phi) is 4.44. The number of allylic oxidation sites excluding steroid dienone is 3. The lowest BCUT2D eigenvalue weighted by atomic mass is 10.0. The maximum absolute atomic E-state index is 13.3. The number of carbonyl (C=O) groups excluding carboxylic acids is 1. The molecular weight excluding hydrogens is 253 g/mol. The molecule has 0 N–H and O–H groups in total. The van der Waals surface area contributed by atoms with E-state index in [9.17, 15) is 9.18 Å². The molecule has 2 nitrogen and oxygen atoms in total. The van der Waals surface area contributed by atoms with Gasteiger partial charge in [-0.25, -0.2) is 4.39 Å². The first-order valence-corrected chi connectivity index (χ1v) is 7.04. The van der Waals surface area contributed by atoms with Gasteiger partial charge in [-0.05, 0) is 30.9 Å². The van der Waals surface area contributed by atoms with Crippen LogP contribution in [0.15, 0.2) is 23.6 Å². The molecule has 0 spiro atoms. The van der Waals surface area contributed by atoms with Crippen molar-refractivity contribution in [2.75, 3.05) is 6.54 Å². The number of hydrogen-bond donors (Lipinski definition) is 0. The molecule has 2 aliphatic rings. The number of carbonyl (C=O) groups is 1. The van der Waals surface area contributed by atoms with E-state index in [1.807, 2.05) is 4.90 Å². The van der Waals surface area contributed by atoms with Crippen LogP contribution in [0.3, 0.4) is 0 Å². The third-order valence-electron chi connectivity index (χ3n) is 3.25. The largest absolute Gasteiger partial charge is 0.339 e. The van der Waals surface area contributed by atoms with Gasteiger partial charge in [-0.2, -0.15) is 0 Å². The lowest BCUT2D eigenvalue weighted by Crippen LogP contribution is -2.34. The summed E-state index contributed by atoms with van der Waals surface area (Å²) in [6.45, 7) is 2.87. The number of halogens is 2. The van der Waals surface area contributed by atoms with E-state index in [0.717, 1.165) is 25.8 Å². The first-order chi connectivity index (χ1) is 8.60. The highest BCUT2D eigenvalue weighted by Crippen LogP contribution is 2.29. The zero-order valence-corrected chi connectivity index (χ0v) is 11.4. The van der Waals surface area contributed by atoms with Crippen molar-refractivity contribution in [1.82, 2.24) is 4.90 Å². The van der Waals surface area contributed by atoms with Crippen molar-refractivity contribution in [1.29, 1.82) is 0 Å². The van der Waals surface area contributed by atoms with Crippen molar-refractivity contribution in [3.63, 3.8) is 0 Å². The minimum atomic E-state index is -0.321. The second-order valence-electron chi connectivity index (χ2n) is 5.05. The monoisotopic (exact) mass is 271 g/mol. The molecule has 2 aliphatic carbocycles. The van der Waals surface area contributed by atoms with Crippen molar-refractivity contribution in [2.45, 2.75) is 50.4 Å². The zero-order valence-electron chi connectivity index (χ0n) is 10.7. The number of hydrogen-bond acceptors (Lipinski definition) is 1. The maximum atomic E-state index is 13.3. The minimum Gasteiger partial charge on any atom is -0.339 e. The van der Waals surface area contributed by atoms with Gasteiger partial charge in [-0.3, -0.25) is 4.79 Å². The summed E-state index contributed by atoms with van der Waals surface area (Å²) < 4.78 is 13.3. The van der Waals surface area contributed by atoms with E-state index < -0.39 is 0 Å². The van der Waals surface area contributed by atoms with Gasteiger partial charge in [0.05, 0.1) is 11.8 Å². The number of rotatable bonds is 5. The Morgan fingerprint density at radius 1 is 1.56 bits per heavy atom. The summed E-state index contributed by atoms with van der Waals surface area (Å²) in [6.07, 6.45) is 6.92. The van der Waals surface area contributed by atoms with Crippen LogP contribution in [0, 0.1) is 0 Å². The van der Waals surface area contributed by atoms with Crippen LogP contribution in [0.2, 0.25) is 0 Å². The molecule has 1 atom stereocenters. The molecule has 1 unspecified atom stereocenters. The lowest BCUT2D eigenvalue weighted by molar-refractivity contribution is -0.131. The van der Waals surface area contributed by atoms with E-state index in [1.54, 1.807) is 6.08 Å². The van der Waals surface area contributed by atoms with Crippen molar-refractivity contribution in [2.24, 2.45) is 0 Å². The predicted octanol–water partition coefficient (Wildman–Crippen LogP) is 3.57. The van der Waals surface area contributed by atoms with Crippen LogP contribution in [-0.2, 0) is 4.79 Å². The standard InChI is InChI=1S/C14H19ClFNO/c1-2-5-17(13-3-4-13)14(18)8-10-6-11(15)9-12(16)7-10/h6-7,11,13H,2-5,8-9H2,1H3.